The standard InChI is InChI=1S/C22H32N2O3/c1-25-20-13-22(27-3)21(26-2)12-19(20)15-24-8-6-23(7-9-24)14-18-11-16-4-5-17(18)10-16/h4-5,12-13,16-18H,6-11,14-15H2,1-3H3/t16-,17-,18+/m1/s1. The Labute approximate surface area is 162 Å². The predicted octanol–water partition coefficient (Wildman–Crippen LogP) is 3.04. The molecule has 27 heavy (non-hydrogen) atoms. The molecule has 1 aliphatic heterocycles. The van der Waals surface area contributed by atoms with E-state index in [2.05, 4.69) is 22.0 Å². The number of methoxy groups -OCH3 is 3. The Morgan fingerprint density at radius 3 is 2.07 bits per heavy atom. The second-order valence-corrected chi connectivity index (χ2v) is 8.14. The van der Waals surface area contributed by atoms with Gasteiger partial charge in [0.25, 0.3) is 0 Å². The lowest BCUT2D eigenvalue weighted by atomic mass is 9.93. The fourth-order valence-corrected chi connectivity index (χ4v) is 5.02. The van der Waals surface area contributed by atoms with E-state index in [1.807, 2.05) is 12.1 Å². The van der Waals surface area contributed by atoms with Gasteiger partial charge in [0, 0.05) is 50.9 Å². The predicted molar refractivity (Wildman–Crippen MR) is 107 cm³/mol. The van der Waals surface area contributed by atoms with Gasteiger partial charge in [-0.25, -0.2) is 0 Å². The fourth-order valence-electron chi connectivity index (χ4n) is 5.02. The molecule has 2 bridgehead atoms. The van der Waals surface area contributed by atoms with Crippen molar-refractivity contribution in [1.29, 1.82) is 0 Å². The van der Waals surface area contributed by atoms with Gasteiger partial charge in [0.05, 0.1) is 21.3 Å². The molecule has 4 rings (SSSR count). The first-order valence-corrected chi connectivity index (χ1v) is 10.1. The van der Waals surface area contributed by atoms with Crippen LogP contribution in [0.15, 0.2) is 24.3 Å². The van der Waals surface area contributed by atoms with Crippen LogP contribution in [0.3, 0.4) is 0 Å². The highest BCUT2D eigenvalue weighted by atomic mass is 16.5. The zero-order valence-electron chi connectivity index (χ0n) is 16.8. The lowest BCUT2D eigenvalue weighted by Crippen LogP contribution is -2.47. The summed E-state index contributed by atoms with van der Waals surface area (Å²) in [6.45, 7) is 6.69. The molecule has 1 aromatic rings. The van der Waals surface area contributed by atoms with Crippen molar-refractivity contribution >= 4 is 0 Å². The third-order valence-electron chi connectivity index (χ3n) is 6.55. The van der Waals surface area contributed by atoms with Crippen LogP contribution in [0.1, 0.15) is 18.4 Å². The van der Waals surface area contributed by atoms with E-state index < -0.39 is 0 Å². The van der Waals surface area contributed by atoms with E-state index in [1.54, 1.807) is 21.3 Å². The normalized spacial score (nSPS) is 27.9. The summed E-state index contributed by atoms with van der Waals surface area (Å²) in [7, 11) is 5.05. The molecule has 148 valence electrons. The van der Waals surface area contributed by atoms with Gasteiger partial charge < -0.3 is 19.1 Å². The van der Waals surface area contributed by atoms with Crippen molar-refractivity contribution in [2.24, 2.45) is 17.8 Å². The summed E-state index contributed by atoms with van der Waals surface area (Å²) < 4.78 is 16.4. The molecular formula is C22H32N2O3. The minimum atomic E-state index is 0.711. The van der Waals surface area contributed by atoms with Crippen LogP contribution in [0.25, 0.3) is 0 Å². The minimum Gasteiger partial charge on any atom is -0.496 e. The molecule has 0 amide bonds. The number of hydrogen-bond donors (Lipinski definition) is 0. The van der Waals surface area contributed by atoms with E-state index in [0.717, 1.165) is 67.5 Å². The maximum absolute atomic E-state index is 5.59. The molecule has 1 aromatic carbocycles. The molecule has 1 saturated heterocycles. The van der Waals surface area contributed by atoms with Crippen LogP contribution in [0, 0.1) is 17.8 Å². The van der Waals surface area contributed by atoms with E-state index in [1.165, 1.54) is 19.4 Å². The number of piperazine rings is 1. The molecule has 5 nitrogen and oxygen atoms in total. The van der Waals surface area contributed by atoms with Crippen molar-refractivity contribution in [2.75, 3.05) is 54.1 Å². The Bertz CT molecular complexity index is 682. The highest BCUT2D eigenvalue weighted by Gasteiger charge is 2.36. The summed E-state index contributed by atoms with van der Waals surface area (Å²) in [5, 5.41) is 0. The smallest absolute Gasteiger partial charge is 0.164 e. The Balaban J connectivity index is 1.33. The van der Waals surface area contributed by atoms with Gasteiger partial charge in [0.2, 0.25) is 0 Å². The molecule has 3 aliphatic rings. The SMILES string of the molecule is COc1cc(OC)c(OC)cc1CN1CCN(C[C@@H]2C[C@@H]3C=C[C@@H]2C3)CC1. The fraction of sp³-hybridized carbons (Fsp3) is 0.636. The molecule has 0 unspecified atom stereocenters. The van der Waals surface area contributed by atoms with Gasteiger partial charge in [-0.15, -0.1) is 0 Å². The number of fused-ring (bicyclic) bond motifs is 2. The Morgan fingerprint density at radius 1 is 0.815 bits per heavy atom. The number of allylic oxidation sites excluding steroid dienone is 2. The number of rotatable bonds is 7. The van der Waals surface area contributed by atoms with Crippen molar-refractivity contribution in [3.8, 4) is 17.2 Å². The van der Waals surface area contributed by atoms with Gasteiger partial charge in [0.15, 0.2) is 11.5 Å². The largest absolute Gasteiger partial charge is 0.496 e. The zero-order valence-corrected chi connectivity index (χ0v) is 16.8. The van der Waals surface area contributed by atoms with Gasteiger partial charge in [-0.3, -0.25) is 4.90 Å². The highest BCUT2D eigenvalue weighted by molar-refractivity contribution is 5.50. The van der Waals surface area contributed by atoms with E-state index >= 15 is 0 Å². The van der Waals surface area contributed by atoms with Gasteiger partial charge >= 0.3 is 0 Å². The van der Waals surface area contributed by atoms with Crippen LogP contribution in [0.5, 0.6) is 17.2 Å². The molecule has 2 fully saturated rings. The van der Waals surface area contributed by atoms with E-state index in [0.29, 0.717) is 5.75 Å². The maximum atomic E-state index is 5.59. The maximum Gasteiger partial charge on any atom is 0.164 e. The zero-order chi connectivity index (χ0) is 18.8. The van der Waals surface area contributed by atoms with Crippen molar-refractivity contribution < 1.29 is 14.2 Å². The van der Waals surface area contributed by atoms with Gasteiger partial charge in [-0.05, 0) is 36.7 Å². The minimum absolute atomic E-state index is 0.711. The number of nitrogens with zero attached hydrogens (tertiary/aromatic N) is 2. The third-order valence-corrected chi connectivity index (χ3v) is 6.55. The second-order valence-electron chi connectivity index (χ2n) is 8.14. The molecule has 3 atom stereocenters. The van der Waals surface area contributed by atoms with Crippen molar-refractivity contribution in [1.82, 2.24) is 9.80 Å². The second kappa shape index (κ2) is 8.11. The summed E-state index contributed by atoms with van der Waals surface area (Å²) in [6.07, 6.45) is 7.72. The molecule has 0 spiro atoms. The molecule has 2 aliphatic carbocycles. The average Bonchev–Trinajstić information content (AvgIpc) is 3.32. The summed E-state index contributed by atoms with van der Waals surface area (Å²) in [5.41, 5.74) is 1.15. The van der Waals surface area contributed by atoms with Crippen LogP contribution >= 0.6 is 0 Å². The number of ether oxygens (including phenoxy) is 3. The van der Waals surface area contributed by atoms with Crippen molar-refractivity contribution in [2.45, 2.75) is 19.4 Å². The summed E-state index contributed by atoms with van der Waals surface area (Å²) >= 11 is 0. The first-order valence-electron chi connectivity index (χ1n) is 10.1. The summed E-state index contributed by atoms with van der Waals surface area (Å²) in [6, 6.07) is 3.97. The number of hydrogen-bond acceptors (Lipinski definition) is 5. The summed E-state index contributed by atoms with van der Waals surface area (Å²) in [4.78, 5) is 5.18. The van der Waals surface area contributed by atoms with Gasteiger partial charge in [-0.2, -0.15) is 0 Å². The highest BCUT2D eigenvalue weighted by Crippen LogP contribution is 2.43. The van der Waals surface area contributed by atoms with Crippen molar-refractivity contribution in [3.05, 3.63) is 29.8 Å². The van der Waals surface area contributed by atoms with Crippen LogP contribution < -0.4 is 14.2 Å². The van der Waals surface area contributed by atoms with Crippen LogP contribution in [-0.4, -0.2) is 63.9 Å². The molecule has 0 radical (unpaired) electrons. The number of benzene rings is 1. The molecule has 1 heterocycles. The molecular weight excluding hydrogens is 340 g/mol. The van der Waals surface area contributed by atoms with E-state index in [4.69, 9.17) is 14.2 Å². The lowest BCUT2D eigenvalue weighted by molar-refractivity contribution is 0.108. The van der Waals surface area contributed by atoms with Crippen LogP contribution in [0.2, 0.25) is 0 Å². The topological polar surface area (TPSA) is 34.2 Å². The molecule has 5 heteroatoms. The van der Waals surface area contributed by atoms with Gasteiger partial charge in [-0.1, -0.05) is 12.2 Å². The first-order chi connectivity index (χ1) is 13.2. The Kier molecular flexibility index (Phi) is 5.60. The third kappa shape index (κ3) is 3.94. The van der Waals surface area contributed by atoms with Gasteiger partial charge in [0.1, 0.15) is 5.75 Å². The quantitative estimate of drug-likeness (QED) is 0.687. The molecule has 0 aromatic heterocycles. The monoisotopic (exact) mass is 372 g/mol. The lowest BCUT2D eigenvalue weighted by Gasteiger charge is -2.37. The molecule has 0 N–H and O–H groups in total. The van der Waals surface area contributed by atoms with E-state index in [-0.39, 0.29) is 0 Å². The molecule has 1 saturated carbocycles. The van der Waals surface area contributed by atoms with Crippen LogP contribution in [-0.2, 0) is 6.54 Å². The Hall–Kier alpha value is -1.72. The Morgan fingerprint density at radius 2 is 1.48 bits per heavy atom. The van der Waals surface area contributed by atoms with E-state index in [9.17, 15) is 0 Å². The van der Waals surface area contributed by atoms with Crippen molar-refractivity contribution in [3.63, 3.8) is 0 Å². The van der Waals surface area contributed by atoms with Crippen LogP contribution in [0.4, 0.5) is 0 Å². The first kappa shape index (κ1) is 18.6. The summed E-state index contributed by atoms with van der Waals surface area (Å²) in [5.74, 6) is 4.95. The average molecular weight is 373 g/mol.